The van der Waals surface area contributed by atoms with Gasteiger partial charge in [0.25, 0.3) is 0 Å². The Morgan fingerprint density at radius 2 is 1.43 bits per heavy atom. The molecule has 0 heterocycles. The Labute approximate surface area is 88.2 Å². The van der Waals surface area contributed by atoms with Gasteiger partial charge in [-0.15, -0.1) is 11.6 Å². The number of hydrogen-bond donors (Lipinski definition) is 0. The Bertz CT molecular complexity index is 443. The molecule has 66 valence electrons. The van der Waals surface area contributed by atoms with E-state index in [2.05, 4.69) is 24.3 Å². The summed E-state index contributed by atoms with van der Waals surface area (Å²) >= 11 is 6.33. The quantitative estimate of drug-likeness (QED) is 0.568. The normalized spacial score (nSPS) is 13.8. The zero-order valence-corrected chi connectivity index (χ0v) is 8.18. The number of halogens is 1. The number of fused-ring (bicyclic) bond motifs is 3. The summed E-state index contributed by atoms with van der Waals surface area (Å²) in [4.78, 5) is 0. The zero-order valence-electron chi connectivity index (χ0n) is 7.42. The summed E-state index contributed by atoms with van der Waals surface area (Å²) in [5, 5.41) is -0.0325. The molecule has 0 atom stereocenters. The predicted octanol–water partition coefficient (Wildman–Crippen LogP) is 3.60. The molecule has 14 heavy (non-hydrogen) atoms. The second-order valence-electron chi connectivity index (χ2n) is 3.39. The Hall–Kier alpha value is -1.27. The van der Waals surface area contributed by atoms with Gasteiger partial charge in [-0.05, 0) is 46.5 Å². The van der Waals surface area contributed by atoms with Crippen molar-refractivity contribution >= 4 is 11.6 Å². The molecule has 0 N–H and O–H groups in total. The van der Waals surface area contributed by atoms with Crippen molar-refractivity contribution in [3.63, 3.8) is 0 Å². The van der Waals surface area contributed by atoms with E-state index in [-0.39, 0.29) is 5.38 Å². The fourth-order valence-electron chi connectivity index (χ4n) is 1.96. The van der Waals surface area contributed by atoms with Crippen molar-refractivity contribution in [2.75, 3.05) is 0 Å². The van der Waals surface area contributed by atoms with Crippen molar-refractivity contribution < 1.29 is 0 Å². The van der Waals surface area contributed by atoms with Gasteiger partial charge in [-0.3, -0.25) is 0 Å². The second kappa shape index (κ2) is 2.86. The smallest absolute Gasteiger partial charge is 0.0847 e. The molecule has 2 aromatic carbocycles. The molecule has 3 rings (SSSR count). The highest BCUT2D eigenvalue weighted by atomic mass is 35.5. The van der Waals surface area contributed by atoms with Crippen LogP contribution in [0.3, 0.4) is 0 Å². The highest BCUT2D eigenvalue weighted by Crippen LogP contribution is 2.46. The van der Waals surface area contributed by atoms with Gasteiger partial charge in [0.15, 0.2) is 0 Å². The van der Waals surface area contributed by atoms with Gasteiger partial charge in [-0.2, -0.15) is 0 Å². The van der Waals surface area contributed by atoms with Crippen molar-refractivity contribution in [3.05, 3.63) is 59.7 Å². The van der Waals surface area contributed by atoms with Gasteiger partial charge >= 0.3 is 0 Å². The van der Waals surface area contributed by atoms with Crippen LogP contribution in [-0.4, -0.2) is 0 Å². The summed E-state index contributed by atoms with van der Waals surface area (Å²) in [5.41, 5.74) is 4.77. The molecule has 0 amide bonds. The summed E-state index contributed by atoms with van der Waals surface area (Å²) in [7, 11) is 0. The molecule has 0 aliphatic heterocycles. The lowest BCUT2D eigenvalue weighted by Gasteiger charge is -2.01. The Balaban J connectivity index is 2.36. The second-order valence-corrected chi connectivity index (χ2v) is 3.83. The Morgan fingerprint density at radius 3 is 1.93 bits per heavy atom. The number of benzene rings is 2. The van der Waals surface area contributed by atoms with Crippen LogP contribution in [-0.2, 0) is 0 Å². The minimum absolute atomic E-state index is 0.0325. The summed E-state index contributed by atoms with van der Waals surface area (Å²) in [5.74, 6) is 0. The van der Waals surface area contributed by atoms with Crippen molar-refractivity contribution in [3.8, 4) is 11.1 Å². The molecule has 0 nitrogen and oxygen atoms in total. The summed E-state index contributed by atoms with van der Waals surface area (Å²) in [6.07, 6.45) is 0. The largest absolute Gasteiger partial charge is 0.113 e. The topological polar surface area (TPSA) is 0 Å². The van der Waals surface area contributed by atoms with Crippen LogP contribution in [0.2, 0.25) is 0 Å². The van der Waals surface area contributed by atoms with E-state index in [9.17, 15) is 0 Å². The summed E-state index contributed by atoms with van der Waals surface area (Å²) < 4.78 is 0. The Kier molecular flexibility index (Phi) is 1.65. The standard InChI is InChI=1S/C13H7Cl/c14-13-11-7-3-1-5-9(11)10-6-2-4-8-12(10)13/h1-2,5-8,13H. The van der Waals surface area contributed by atoms with Crippen LogP contribution in [0, 0.1) is 12.1 Å². The van der Waals surface area contributed by atoms with Crippen LogP contribution in [0.15, 0.2) is 36.4 Å². The SMILES string of the molecule is ClC1c2c[c]ccc2-c2cc[c]cc21. The fraction of sp³-hybridized carbons (Fsp3) is 0.0769. The molecule has 1 aliphatic carbocycles. The van der Waals surface area contributed by atoms with Gasteiger partial charge in [0.05, 0.1) is 5.38 Å². The first-order valence-corrected chi connectivity index (χ1v) is 4.96. The van der Waals surface area contributed by atoms with Crippen LogP contribution in [0.1, 0.15) is 16.5 Å². The average molecular weight is 199 g/mol. The van der Waals surface area contributed by atoms with Crippen molar-refractivity contribution in [2.45, 2.75) is 5.38 Å². The lowest BCUT2D eigenvalue weighted by atomic mass is 10.1. The highest BCUT2D eigenvalue weighted by Gasteiger charge is 2.25. The third-order valence-electron chi connectivity index (χ3n) is 2.63. The van der Waals surface area contributed by atoms with Gasteiger partial charge in [0, 0.05) is 0 Å². The molecule has 0 unspecified atom stereocenters. The van der Waals surface area contributed by atoms with E-state index in [1.54, 1.807) is 0 Å². The molecule has 2 radical (unpaired) electrons. The van der Waals surface area contributed by atoms with Gasteiger partial charge in [0.2, 0.25) is 0 Å². The van der Waals surface area contributed by atoms with E-state index in [0.29, 0.717) is 0 Å². The zero-order chi connectivity index (χ0) is 9.54. The molecule has 1 aliphatic rings. The maximum absolute atomic E-state index is 6.33. The van der Waals surface area contributed by atoms with E-state index >= 15 is 0 Å². The molecule has 2 aromatic rings. The minimum atomic E-state index is -0.0325. The summed E-state index contributed by atoms with van der Waals surface area (Å²) in [6, 6.07) is 18.0. The van der Waals surface area contributed by atoms with Crippen LogP contribution in [0.5, 0.6) is 0 Å². The number of alkyl halides is 1. The summed E-state index contributed by atoms with van der Waals surface area (Å²) in [6.45, 7) is 0. The van der Waals surface area contributed by atoms with Crippen LogP contribution < -0.4 is 0 Å². The monoisotopic (exact) mass is 198 g/mol. The lowest BCUT2D eigenvalue weighted by Crippen LogP contribution is -1.84. The molecule has 0 fully saturated rings. The maximum Gasteiger partial charge on any atom is 0.0847 e. The fourth-order valence-corrected chi connectivity index (χ4v) is 2.33. The van der Waals surface area contributed by atoms with Crippen molar-refractivity contribution in [2.24, 2.45) is 0 Å². The van der Waals surface area contributed by atoms with Crippen molar-refractivity contribution in [1.29, 1.82) is 0 Å². The first kappa shape index (κ1) is 8.07. The number of rotatable bonds is 0. The lowest BCUT2D eigenvalue weighted by molar-refractivity contribution is 1.20. The van der Waals surface area contributed by atoms with Gasteiger partial charge in [-0.1, -0.05) is 24.3 Å². The van der Waals surface area contributed by atoms with Crippen molar-refractivity contribution in [1.82, 2.24) is 0 Å². The van der Waals surface area contributed by atoms with E-state index in [0.717, 1.165) is 11.1 Å². The van der Waals surface area contributed by atoms with Gasteiger partial charge in [0.1, 0.15) is 0 Å². The molecule has 1 heteroatoms. The van der Waals surface area contributed by atoms with E-state index in [1.165, 1.54) is 11.1 Å². The van der Waals surface area contributed by atoms with Crippen LogP contribution in [0.25, 0.3) is 11.1 Å². The molecule has 0 bridgehead atoms. The maximum atomic E-state index is 6.33. The molecule has 0 saturated heterocycles. The number of hydrogen-bond acceptors (Lipinski definition) is 0. The molecular formula is C13H7Cl. The van der Waals surface area contributed by atoms with Gasteiger partial charge in [-0.25, -0.2) is 0 Å². The highest BCUT2D eigenvalue weighted by molar-refractivity contribution is 6.24. The minimum Gasteiger partial charge on any atom is -0.113 e. The van der Waals surface area contributed by atoms with E-state index < -0.39 is 0 Å². The first-order valence-electron chi connectivity index (χ1n) is 4.52. The predicted molar refractivity (Wildman–Crippen MR) is 57.2 cm³/mol. The Morgan fingerprint density at radius 1 is 0.929 bits per heavy atom. The molecule has 0 aromatic heterocycles. The molecular weight excluding hydrogens is 192 g/mol. The molecule has 0 saturated carbocycles. The third kappa shape index (κ3) is 0.948. The third-order valence-corrected chi connectivity index (χ3v) is 3.10. The van der Waals surface area contributed by atoms with Crippen LogP contribution in [0.4, 0.5) is 0 Å². The van der Waals surface area contributed by atoms with Crippen LogP contribution >= 0.6 is 11.6 Å². The van der Waals surface area contributed by atoms with E-state index in [1.807, 2.05) is 24.3 Å². The molecule has 0 spiro atoms. The van der Waals surface area contributed by atoms with E-state index in [4.69, 9.17) is 11.6 Å². The van der Waals surface area contributed by atoms with Gasteiger partial charge < -0.3 is 0 Å². The average Bonchev–Trinajstić information content (AvgIpc) is 2.55. The first-order chi connectivity index (χ1) is 6.88.